The van der Waals surface area contributed by atoms with Crippen molar-refractivity contribution in [2.75, 3.05) is 6.54 Å². The van der Waals surface area contributed by atoms with Crippen LogP contribution in [-0.2, 0) is 4.43 Å². The van der Waals surface area contributed by atoms with Crippen LogP contribution in [0.25, 0.3) is 0 Å². The van der Waals surface area contributed by atoms with E-state index in [-0.39, 0.29) is 11.5 Å². The summed E-state index contributed by atoms with van der Waals surface area (Å²) >= 11 is 0. The molecule has 1 unspecified atom stereocenters. The average molecular weight is 175 g/mol. The van der Waals surface area contributed by atoms with Gasteiger partial charge < -0.3 is 10.2 Å². The van der Waals surface area contributed by atoms with E-state index >= 15 is 0 Å². The lowest BCUT2D eigenvalue weighted by atomic mass is 9.89. The first-order valence-corrected chi connectivity index (χ1v) is 7.01. The Bertz CT molecular complexity index is 109. The van der Waals surface area contributed by atoms with E-state index in [1.54, 1.807) is 0 Å². The Morgan fingerprint density at radius 1 is 1.36 bits per heavy atom. The van der Waals surface area contributed by atoms with E-state index < -0.39 is 9.04 Å². The van der Waals surface area contributed by atoms with Crippen LogP contribution >= 0.6 is 0 Å². The summed E-state index contributed by atoms with van der Waals surface area (Å²) in [5.41, 5.74) is 5.79. The molecule has 0 aliphatic rings. The van der Waals surface area contributed by atoms with E-state index in [0.717, 1.165) is 0 Å². The molecule has 0 aliphatic carbocycles. The average Bonchev–Trinajstić information content (AvgIpc) is 1.79. The van der Waals surface area contributed by atoms with Gasteiger partial charge in [-0.2, -0.15) is 0 Å². The van der Waals surface area contributed by atoms with Crippen molar-refractivity contribution in [2.45, 2.75) is 40.0 Å². The lowest BCUT2D eigenvalue weighted by Gasteiger charge is -2.31. The molecule has 0 spiro atoms. The molecule has 11 heavy (non-hydrogen) atoms. The molecule has 0 fully saturated rings. The van der Waals surface area contributed by atoms with E-state index in [4.69, 9.17) is 10.2 Å². The summed E-state index contributed by atoms with van der Waals surface area (Å²) < 4.78 is 5.78. The number of nitrogens with two attached hydrogens (primary N) is 1. The van der Waals surface area contributed by atoms with Gasteiger partial charge in [0.05, 0.1) is 6.10 Å². The van der Waals surface area contributed by atoms with Gasteiger partial charge in [0.1, 0.15) is 0 Å². The zero-order chi connectivity index (χ0) is 9.07. The molecule has 0 aromatic carbocycles. The molecule has 3 heteroatoms. The van der Waals surface area contributed by atoms with Gasteiger partial charge in [-0.25, -0.2) is 0 Å². The van der Waals surface area contributed by atoms with E-state index in [0.29, 0.717) is 6.54 Å². The smallest absolute Gasteiger partial charge is 0.171 e. The molecule has 2 N–H and O–H groups in total. The predicted molar refractivity (Wildman–Crippen MR) is 52.3 cm³/mol. The first-order valence-electron chi connectivity index (χ1n) is 4.23. The van der Waals surface area contributed by atoms with Gasteiger partial charge in [-0.3, -0.25) is 0 Å². The van der Waals surface area contributed by atoms with Crippen molar-refractivity contribution in [2.24, 2.45) is 11.1 Å². The Morgan fingerprint density at radius 2 is 1.82 bits per heavy atom. The molecule has 0 saturated carbocycles. The van der Waals surface area contributed by atoms with Gasteiger partial charge in [0.25, 0.3) is 0 Å². The summed E-state index contributed by atoms with van der Waals surface area (Å²) in [7, 11) is -0.926. The van der Waals surface area contributed by atoms with Crippen LogP contribution in [0.4, 0.5) is 0 Å². The largest absolute Gasteiger partial charge is 0.416 e. The third-order valence-corrected chi connectivity index (χ3v) is 2.49. The molecule has 68 valence electrons. The minimum absolute atomic E-state index is 0.187. The SMILES string of the molecule is C[SiH](C)OC(CN)C(C)(C)C. The van der Waals surface area contributed by atoms with Crippen LogP contribution in [0.1, 0.15) is 20.8 Å². The molecule has 0 aromatic rings. The molecular weight excluding hydrogens is 154 g/mol. The first kappa shape index (κ1) is 11.1. The Morgan fingerprint density at radius 3 is 1.91 bits per heavy atom. The highest BCUT2D eigenvalue weighted by Gasteiger charge is 2.24. The standard InChI is InChI=1S/C8H21NOSi/c1-8(2,3)7(6-9)10-11(4)5/h7,11H,6,9H2,1-5H3. The van der Waals surface area contributed by atoms with E-state index in [1.807, 2.05) is 0 Å². The van der Waals surface area contributed by atoms with Crippen molar-refractivity contribution in [1.82, 2.24) is 0 Å². The second-order valence-electron chi connectivity index (χ2n) is 4.28. The van der Waals surface area contributed by atoms with E-state index in [2.05, 4.69) is 33.9 Å². The van der Waals surface area contributed by atoms with Gasteiger partial charge in [0.15, 0.2) is 9.04 Å². The quantitative estimate of drug-likeness (QED) is 0.657. The minimum Gasteiger partial charge on any atom is -0.416 e. The zero-order valence-electron chi connectivity index (χ0n) is 8.35. The first-order chi connectivity index (χ1) is 4.88. The van der Waals surface area contributed by atoms with Crippen LogP contribution in [-0.4, -0.2) is 21.7 Å². The van der Waals surface area contributed by atoms with Gasteiger partial charge in [0, 0.05) is 6.54 Å². The summed E-state index contributed by atoms with van der Waals surface area (Å²) in [4.78, 5) is 0. The van der Waals surface area contributed by atoms with E-state index in [1.165, 1.54) is 0 Å². The van der Waals surface area contributed by atoms with Crippen molar-refractivity contribution in [1.29, 1.82) is 0 Å². The highest BCUT2D eigenvalue weighted by atomic mass is 28.3. The number of rotatable bonds is 3. The Hall–Kier alpha value is 0.137. The third kappa shape index (κ3) is 4.56. The van der Waals surface area contributed by atoms with Gasteiger partial charge in [-0.15, -0.1) is 0 Å². The van der Waals surface area contributed by atoms with Gasteiger partial charge in [-0.1, -0.05) is 20.8 Å². The fraction of sp³-hybridized carbons (Fsp3) is 1.00. The van der Waals surface area contributed by atoms with Crippen molar-refractivity contribution in [3.8, 4) is 0 Å². The Balaban J connectivity index is 3.96. The van der Waals surface area contributed by atoms with Crippen LogP contribution < -0.4 is 5.73 Å². The fourth-order valence-corrected chi connectivity index (χ4v) is 2.12. The molecule has 0 bridgehead atoms. The molecule has 0 heterocycles. The molecule has 0 rings (SSSR count). The Labute approximate surface area is 71.8 Å². The number of hydrogen-bond donors (Lipinski definition) is 1. The molecule has 0 amide bonds. The molecule has 1 atom stereocenters. The molecule has 2 nitrogen and oxygen atoms in total. The zero-order valence-corrected chi connectivity index (χ0v) is 9.50. The second-order valence-corrected chi connectivity index (χ2v) is 6.64. The van der Waals surface area contributed by atoms with Crippen molar-refractivity contribution in [3.05, 3.63) is 0 Å². The predicted octanol–water partition coefficient (Wildman–Crippen LogP) is 1.36. The molecule has 0 aliphatic heterocycles. The van der Waals surface area contributed by atoms with Crippen LogP contribution in [0.15, 0.2) is 0 Å². The monoisotopic (exact) mass is 175 g/mol. The topological polar surface area (TPSA) is 35.2 Å². The lowest BCUT2D eigenvalue weighted by Crippen LogP contribution is -2.39. The van der Waals surface area contributed by atoms with Crippen molar-refractivity contribution in [3.63, 3.8) is 0 Å². The fourth-order valence-electron chi connectivity index (χ4n) is 0.942. The summed E-state index contributed by atoms with van der Waals surface area (Å²) in [6, 6.07) is 0. The van der Waals surface area contributed by atoms with Crippen LogP contribution in [0.3, 0.4) is 0 Å². The lowest BCUT2D eigenvalue weighted by molar-refractivity contribution is 0.0941. The molecule has 0 saturated heterocycles. The van der Waals surface area contributed by atoms with Gasteiger partial charge in [0.2, 0.25) is 0 Å². The summed E-state index contributed by atoms with van der Waals surface area (Å²) in [5, 5.41) is 0. The van der Waals surface area contributed by atoms with Crippen LogP contribution in [0.2, 0.25) is 13.1 Å². The minimum atomic E-state index is -0.926. The normalized spacial score (nSPS) is 15.5. The highest BCUT2D eigenvalue weighted by Crippen LogP contribution is 2.21. The van der Waals surface area contributed by atoms with Gasteiger partial charge >= 0.3 is 0 Å². The van der Waals surface area contributed by atoms with Crippen molar-refractivity contribution >= 4 is 9.04 Å². The summed E-state index contributed by atoms with van der Waals surface area (Å²) in [6.45, 7) is 11.5. The van der Waals surface area contributed by atoms with Gasteiger partial charge in [-0.05, 0) is 18.5 Å². The van der Waals surface area contributed by atoms with Crippen LogP contribution in [0, 0.1) is 5.41 Å². The third-order valence-electron chi connectivity index (χ3n) is 1.62. The summed E-state index contributed by atoms with van der Waals surface area (Å²) in [6.07, 6.45) is 0.231. The Kier molecular flexibility index (Phi) is 4.29. The molecule has 0 radical (unpaired) electrons. The van der Waals surface area contributed by atoms with E-state index in [9.17, 15) is 0 Å². The van der Waals surface area contributed by atoms with Crippen molar-refractivity contribution < 1.29 is 4.43 Å². The maximum atomic E-state index is 5.78. The maximum Gasteiger partial charge on any atom is 0.171 e. The molecular formula is C8H21NOSi. The maximum absolute atomic E-state index is 5.78. The second kappa shape index (κ2) is 4.23. The molecule has 0 aromatic heterocycles. The van der Waals surface area contributed by atoms with Crippen LogP contribution in [0.5, 0.6) is 0 Å². The number of hydrogen-bond acceptors (Lipinski definition) is 2. The highest BCUT2D eigenvalue weighted by molar-refractivity contribution is 6.48. The summed E-state index contributed by atoms with van der Waals surface area (Å²) in [5.74, 6) is 0.